The molecule has 29 heavy (non-hydrogen) atoms. The lowest BCUT2D eigenvalue weighted by molar-refractivity contribution is 0.0993. The Morgan fingerprint density at radius 3 is 2.69 bits per heavy atom. The van der Waals surface area contributed by atoms with Gasteiger partial charge >= 0.3 is 0 Å². The monoisotopic (exact) mass is 396 g/mol. The third kappa shape index (κ3) is 5.11. The third-order valence-corrected chi connectivity index (χ3v) is 4.59. The summed E-state index contributed by atoms with van der Waals surface area (Å²) in [5.74, 6) is 0.671. The first-order valence-electron chi connectivity index (χ1n) is 9.22. The number of nitrogens with zero attached hydrogens (tertiary/aromatic N) is 3. The molecule has 0 aliphatic heterocycles. The molecule has 0 saturated carbocycles. The van der Waals surface area contributed by atoms with Crippen molar-refractivity contribution in [2.75, 3.05) is 13.7 Å². The predicted octanol–water partition coefficient (Wildman–Crippen LogP) is 2.44. The van der Waals surface area contributed by atoms with E-state index in [2.05, 4.69) is 9.97 Å². The van der Waals surface area contributed by atoms with Crippen molar-refractivity contribution in [3.63, 3.8) is 0 Å². The number of hydrogen-bond donors (Lipinski definition) is 2. The maximum Gasteiger partial charge on any atom is 0.268 e. The Bertz CT molecular complexity index is 953. The van der Waals surface area contributed by atoms with Crippen LogP contribution in [0.25, 0.3) is 11.1 Å². The van der Waals surface area contributed by atoms with Gasteiger partial charge in [0.1, 0.15) is 11.4 Å². The molecule has 2 unspecified atom stereocenters. The molecule has 0 aliphatic carbocycles. The van der Waals surface area contributed by atoms with Gasteiger partial charge in [0, 0.05) is 30.4 Å². The van der Waals surface area contributed by atoms with E-state index in [4.69, 9.17) is 15.2 Å². The maximum absolute atomic E-state index is 11.2. The second kappa shape index (κ2) is 9.20. The molecule has 2 aromatic heterocycles. The average Bonchev–Trinajstić information content (AvgIpc) is 3.21. The zero-order valence-electron chi connectivity index (χ0n) is 16.4. The SMILES string of the molecule is COc1ccc(-c2cccc(OCCC(C(C)O)n3cnc(C(N)=O)c3)c2)cn1. The molecule has 0 aliphatic rings. The topological polar surface area (TPSA) is 112 Å². The van der Waals surface area contributed by atoms with Crippen molar-refractivity contribution < 1.29 is 19.4 Å². The molecule has 8 heteroatoms. The van der Waals surface area contributed by atoms with Gasteiger partial charge in [-0.15, -0.1) is 0 Å². The fourth-order valence-corrected chi connectivity index (χ4v) is 3.02. The van der Waals surface area contributed by atoms with Gasteiger partial charge in [0.2, 0.25) is 5.88 Å². The lowest BCUT2D eigenvalue weighted by Gasteiger charge is -2.21. The van der Waals surface area contributed by atoms with E-state index in [0.717, 1.165) is 11.1 Å². The molecule has 3 rings (SSSR count). The van der Waals surface area contributed by atoms with Crippen molar-refractivity contribution in [2.45, 2.75) is 25.5 Å². The first kappa shape index (κ1) is 20.3. The van der Waals surface area contributed by atoms with Gasteiger partial charge in [-0.05, 0) is 30.7 Å². The number of carbonyl (C=O) groups is 1. The number of rotatable bonds is 9. The molecule has 0 radical (unpaired) electrons. The van der Waals surface area contributed by atoms with Crippen LogP contribution in [-0.2, 0) is 0 Å². The number of amides is 1. The van der Waals surface area contributed by atoms with Crippen LogP contribution in [-0.4, -0.2) is 45.4 Å². The van der Waals surface area contributed by atoms with E-state index >= 15 is 0 Å². The molecular weight excluding hydrogens is 372 g/mol. The Balaban J connectivity index is 1.64. The number of pyridine rings is 1. The van der Waals surface area contributed by atoms with E-state index in [1.54, 1.807) is 24.8 Å². The number of benzene rings is 1. The molecule has 152 valence electrons. The highest BCUT2D eigenvalue weighted by molar-refractivity contribution is 5.90. The highest BCUT2D eigenvalue weighted by Crippen LogP contribution is 2.25. The van der Waals surface area contributed by atoms with Crippen LogP contribution in [0.2, 0.25) is 0 Å². The number of methoxy groups -OCH3 is 1. The van der Waals surface area contributed by atoms with Crippen LogP contribution in [0.3, 0.4) is 0 Å². The summed E-state index contributed by atoms with van der Waals surface area (Å²) in [6, 6.07) is 11.2. The minimum Gasteiger partial charge on any atom is -0.493 e. The minimum atomic E-state index is -0.648. The van der Waals surface area contributed by atoms with Crippen LogP contribution in [0.5, 0.6) is 11.6 Å². The Kier molecular flexibility index (Phi) is 6.46. The van der Waals surface area contributed by atoms with Crippen molar-refractivity contribution in [1.29, 1.82) is 0 Å². The molecule has 0 fully saturated rings. The molecule has 1 aromatic carbocycles. The Morgan fingerprint density at radius 2 is 2.07 bits per heavy atom. The summed E-state index contributed by atoms with van der Waals surface area (Å²) >= 11 is 0. The van der Waals surface area contributed by atoms with Gasteiger partial charge in [-0.3, -0.25) is 4.79 Å². The van der Waals surface area contributed by atoms with Crippen LogP contribution in [0.15, 0.2) is 55.1 Å². The van der Waals surface area contributed by atoms with Crippen LogP contribution >= 0.6 is 0 Å². The van der Waals surface area contributed by atoms with Gasteiger partial charge < -0.3 is 24.9 Å². The molecule has 3 N–H and O–H groups in total. The molecule has 3 aromatic rings. The fraction of sp³-hybridized carbons (Fsp3) is 0.286. The Hall–Kier alpha value is -3.39. The Morgan fingerprint density at radius 1 is 1.24 bits per heavy atom. The third-order valence-electron chi connectivity index (χ3n) is 4.59. The number of ether oxygens (including phenoxy) is 2. The number of imidazole rings is 1. The second-order valence-corrected chi connectivity index (χ2v) is 6.63. The summed E-state index contributed by atoms with van der Waals surface area (Å²) in [6.45, 7) is 2.07. The van der Waals surface area contributed by atoms with Crippen LogP contribution in [0.4, 0.5) is 0 Å². The van der Waals surface area contributed by atoms with E-state index in [9.17, 15) is 9.90 Å². The molecular formula is C21H24N4O4. The van der Waals surface area contributed by atoms with E-state index in [0.29, 0.717) is 24.7 Å². The normalized spacial score (nSPS) is 12.9. The molecule has 2 atom stereocenters. The number of aliphatic hydroxyl groups is 1. The smallest absolute Gasteiger partial charge is 0.268 e. The van der Waals surface area contributed by atoms with Gasteiger partial charge in [-0.1, -0.05) is 12.1 Å². The molecule has 0 bridgehead atoms. The highest BCUT2D eigenvalue weighted by atomic mass is 16.5. The number of aromatic nitrogens is 3. The highest BCUT2D eigenvalue weighted by Gasteiger charge is 2.19. The summed E-state index contributed by atoms with van der Waals surface area (Å²) in [5, 5.41) is 10.1. The van der Waals surface area contributed by atoms with Crippen LogP contribution in [0, 0.1) is 0 Å². The Labute approximate surface area is 168 Å². The van der Waals surface area contributed by atoms with Crippen molar-refractivity contribution in [2.24, 2.45) is 5.73 Å². The van der Waals surface area contributed by atoms with Crippen molar-refractivity contribution in [3.05, 3.63) is 60.8 Å². The van der Waals surface area contributed by atoms with Gasteiger partial charge in [-0.25, -0.2) is 9.97 Å². The zero-order chi connectivity index (χ0) is 20.8. The minimum absolute atomic E-state index is 0.164. The van der Waals surface area contributed by atoms with Gasteiger partial charge in [-0.2, -0.15) is 0 Å². The lowest BCUT2D eigenvalue weighted by atomic mass is 10.1. The summed E-state index contributed by atoms with van der Waals surface area (Å²) in [7, 11) is 1.58. The number of hydrogen-bond acceptors (Lipinski definition) is 6. The first-order valence-corrected chi connectivity index (χ1v) is 9.22. The van der Waals surface area contributed by atoms with Crippen molar-refractivity contribution in [3.8, 4) is 22.8 Å². The van der Waals surface area contributed by atoms with Gasteiger partial charge in [0.25, 0.3) is 5.91 Å². The number of aliphatic hydroxyl groups excluding tert-OH is 1. The summed E-state index contributed by atoms with van der Waals surface area (Å²) in [5.41, 5.74) is 7.34. The summed E-state index contributed by atoms with van der Waals surface area (Å²) in [6.07, 6.45) is 4.66. The predicted molar refractivity (Wildman–Crippen MR) is 108 cm³/mol. The largest absolute Gasteiger partial charge is 0.493 e. The van der Waals surface area contributed by atoms with Gasteiger partial charge in [0.05, 0.1) is 32.2 Å². The number of nitrogens with two attached hydrogens (primary N) is 1. The quantitative estimate of drug-likeness (QED) is 0.574. The van der Waals surface area contributed by atoms with E-state index in [1.807, 2.05) is 36.4 Å². The summed E-state index contributed by atoms with van der Waals surface area (Å²) < 4.78 is 12.7. The molecule has 0 spiro atoms. The number of carbonyl (C=O) groups excluding carboxylic acids is 1. The first-order chi connectivity index (χ1) is 14.0. The number of primary amides is 1. The van der Waals surface area contributed by atoms with E-state index in [-0.39, 0.29) is 11.7 Å². The zero-order valence-corrected chi connectivity index (χ0v) is 16.4. The van der Waals surface area contributed by atoms with Crippen LogP contribution < -0.4 is 15.2 Å². The van der Waals surface area contributed by atoms with E-state index in [1.165, 1.54) is 12.5 Å². The standard InChI is InChI=1S/C21H24N4O4/c1-14(26)19(25-12-18(21(22)27)24-13-25)8-9-29-17-5-3-4-15(10-17)16-6-7-20(28-2)23-11-16/h3-7,10-14,19,26H,8-9H2,1-2H3,(H2,22,27). The van der Waals surface area contributed by atoms with Crippen LogP contribution in [0.1, 0.15) is 29.9 Å². The maximum atomic E-state index is 11.2. The summed E-state index contributed by atoms with van der Waals surface area (Å²) in [4.78, 5) is 19.4. The van der Waals surface area contributed by atoms with Crippen molar-refractivity contribution in [1.82, 2.24) is 14.5 Å². The fourth-order valence-electron chi connectivity index (χ4n) is 3.02. The van der Waals surface area contributed by atoms with Gasteiger partial charge in [0.15, 0.2) is 0 Å². The molecule has 1 amide bonds. The molecule has 8 nitrogen and oxygen atoms in total. The second-order valence-electron chi connectivity index (χ2n) is 6.63. The van der Waals surface area contributed by atoms with Crippen molar-refractivity contribution >= 4 is 5.91 Å². The van der Waals surface area contributed by atoms with E-state index < -0.39 is 12.0 Å². The average molecular weight is 396 g/mol. The molecule has 0 saturated heterocycles. The molecule has 2 heterocycles. The lowest BCUT2D eigenvalue weighted by Crippen LogP contribution is -2.23.